The number of nitrogens with zero attached hydrogens (tertiary/aromatic N) is 2. The lowest BCUT2D eigenvalue weighted by molar-refractivity contribution is -0.384. The van der Waals surface area contributed by atoms with Gasteiger partial charge in [0.2, 0.25) is 5.91 Å². The lowest BCUT2D eigenvalue weighted by Crippen LogP contribution is -2.36. The van der Waals surface area contributed by atoms with Crippen molar-refractivity contribution in [3.63, 3.8) is 0 Å². The van der Waals surface area contributed by atoms with Gasteiger partial charge in [-0.2, -0.15) is 0 Å². The van der Waals surface area contributed by atoms with Crippen LogP contribution in [0.1, 0.15) is 12.8 Å². The van der Waals surface area contributed by atoms with Crippen molar-refractivity contribution in [3.05, 3.63) is 58.4 Å². The van der Waals surface area contributed by atoms with E-state index in [1.807, 2.05) is 4.90 Å². The fourth-order valence-electron chi connectivity index (χ4n) is 3.05. The third-order valence-electron chi connectivity index (χ3n) is 4.57. The molecule has 154 valence electrons. The van der Waals surface area contributed by atoms with E-state index in [4.69, 9.17) is 4.74 Å². The van der Waals surface area contributed by atoms with Gasteiger partial charge < -0.3 is 20.3 Å². The average molecular weight is 402 g/mol. The second-order valence-corrected chi connectivity index (χ2v) is 6.65. The molecule has 1 fully saturated rings. The number of ether oxygens (including phenoxy) is 1. The normalized spacial score (nSPS) is 13.8. The van der Waals surface area contributed by atoms with Crippen molar-refractivity contribution >= 4 is 28.7 Å². The van der Waals surface area contributed by atoms with Crippen LogP contribution in [-0.4, -0.2) is 43.7 Å². The van der Waals surface area contributed by atoms with Crippen molar-refractivity contribution in [1.29, 1.82) is 0 Å². The fourth-order valence-corrected chi connectivity index (χ4v) is 3.05. The van der Waals surface area contributed by atoms with Gasteiger partial charge >= 0.3 is 0 Å². The molecule has 2 N–H and O–H groups in total. The van der Waals surface area contributed by atoms with E-state index in [1.54, 1.807) is 24.3 Å². The zero-order valence-electron chi connectivity index (χ0n) is 15.9. The highest BCUT2D eigenvalue weighted by Crippen LogP contribution is 2.24. The third kappa shape index (κ3) is 5.89. The number of non-ortho nitro benzene ring substituents is 1. The van der Waals surface area contributed by atoms with Crippen molar-refractivity contribution < 1.29 is 18.8 Å². The zero-order valence-corrected chi connectivity index (χ0v) is 15.9. The van der Waals surface area contributed by atoms with E-state index in [-0.39, 0.29) is 23.8 Å². The second kappa shape index (κ2) is 9.83. The summed E-state index contributed by atoms with van der Waals surface area (Å²) >= 11 is 0. The Hall–Kier alpha value is -3.20. The summed E-state index contributed by atoms with van der Waals surface area (Å²) < 4.78 is 19.6. The number of rotatable bonds is 8. The van der Waals surface area contributed by atoms with Crippen LogP contribution in [0.25, 0.3) is 0 Å². The molecule has 29 heavy (non-hydrogen) atoms. The SMILES string of the molecule is O=C(CCCNc1ccc([N+](=O)[O-])cc1)Nc1ccc(N2CCOCC2)c(F)c1. The second-order valence-electron chi connectivity index (χ2n) is 6.65. The molecule has 1 aliphatic heterocycles. The first-order valence-electron chi connectivity index (χ1n) is 9.43. The van der Waals surface area contributed by atoms with E-state index in [9.17, 15) is 19.3 Å². The Balaban J connectivity index is 1.42. The molecule has 0 aromatic heterocycles. The first-order valence-corrected chi connectivity index (χ1v) is 9.43. The zero-order chi connectivity index (χ0) is 20.6. The molecule has 1 saturated heterocycles. The van der Waals surface area contributed by atoms with Crippen molar-refractivity contribution in [2.75, 3.05) is 48.4 Å². The third-order valence-corrected chi connectivity index (χ3v) is 4.57. The standard InChI is InChI=1S/C20H23FN4O4/c21-18-14-16(5-8-19(18)24-10-12-29-13-11-24)23-20(26)2-1-9-22-15-3-6-17(7-4-15)25(27)28/h3-8,14,22H,1-2,9-13H2,(H,23,26). The Kier molecular flexibility index (Phi) is 6.96. The van der Waals surface area contributed by atoms with Gasteiger partial charge in [-0.1, -0.05) is 0 Å². The van der Waals surface area contributed by atoms with Crippen LogP contribution in [0.5, 0.6) is 0 Å². The molecule has 1 heterocycles. The van der Waals surface area contributed by atoms with Gasteiger partial charge in [0.05, 0.1) is 23.8 Å². The number of benzene rings is 2. The van der Waals surface area contributed by atoms with Gasteiger partial charge in [0.1, 0.15) is 5.82 Å². The minimum atomic E-state index is -0.454. The summed E-state index contributed by atoms with van der Waals surface area (Å²) in [5.74, 6) is -0.571. The summed E-state index contributed by atoms with van der Waals surface area (Å²) in [6.07, 6.45) is 0.837. The van der Waals surface area contributed by atoms with Crippen LogP contribution in [0, 0.1) is 15.9 Å². The van der Waals surface area contributed by atoms with Crippen LogP contribution in [0.4, 0.5) is 27.1 Å². The predicted molar refractivity (Wildman–Crippen MR) is 109 cm³/mol. The molecule has 0 unspecified atom stereocenters. The Morgan fingerprint density at radius 2 is 1.83 bits per heavy atom. The minimum Gasteiger partial charge on any atom is -0.385 e. The lowest BCUT2D eigenvalue weighted by atomic mass is 10.2. The number of morpholine rings is 1. The number of amides is 1. The van der Waals surface area contributed by atoms with Crippen LogP contribution in [0.3, 0.4) is 0 Å². The maximum atomic E-state index is 14.4. The van der Waals surface area contributed by atoms with Crippen molar-refractivity contribution in [3.8, 4) is 0 Å². The van der Waals surface area contributed by atoms with E-state index in [1.165, 1.54) is 18.2 Å². The van der Waals surface area contributed by atoms with Gasteiger partial charge in [0.25, 0.3) is 5.69 Å². The molecule has 1 aliphatic rings. The van der Waals surface area contributed by atoms with Crippen LogP contribution in [-0.2, 0) is 9.53 Å². The van der Waals surface area contributed by atoms with E-state index in [0.717, 1.165) is 5.69 Å². The summed E-state index contributed by atoms with van der Waals surface area (Å²) in [6.45, 7) is 2.97. The van der Waals surface area contributed by atoms with Crippen LogP contribution < -0.4 is 15.5 Å². The summed E-state index contributed by atoms with van der Waals surface area (Å²) in [4.78, 5) is 24.2. The molecule has 0 radical (unpaired) electrons. The van der Waals surface area contributed by atoms with Gasteiger partial charge in [0.15, 0.2) is 0 Å². The first-order chi connectivity index (χ1) is 14.0. The number of nitro benzene ring substituents is 1. The molecule has 9 heteroatoms. The number of hydrogen-bond donors (Lipinski definition) is 2. The Morgan fingerprint density at radius 3 is 2.48 bits per heavy atom. The van der Waals surface area contributed by atoms with Crippen LogP contribution in [0.15, 0.2) is 42.5 Å². The van der Waals surface area contributed by atoms with Gasteiger partial charge in [-0.05, 0) is 36.8 Å². The molecular formula is C20H23FN4O4. The Labute approximate surface area is 167 Å². The number of carbonyl (C=O) groups excluding carboxylic acids is 1. The molecule has 0 aliphatic carbocycles. The predicted octanol–water partition coefficient (Wildman–Crippen LogP) is 3.40. The summed E-state index contributed by atoms with van der Waals surface area (Å²) in [6, 6.07) is 10.8. The topological polar surface area (TPSA) is 96.7 Å². The number of anilines is 3. The summed E-state index contributed by atoms with van der Waals surface area (Å²) in [5, 5.41) is 16.4. The number of nitro groups is 1. The monoisotopic (exact) mass is 402 g/mol. The maximum Gasteiger partial charge on any atom is 0.269 e. The molecule has 2 aromatic carbocycles. The van der Waals surface area contributed by atoms with E-state index >= 15 is 0 Å². The van der Waals surface area contributed by atoms with E-state index < -0.39 is 4.92 Å². The summed E-state index contributed by atoms with van der Waals surface area (Å²) in [7, 11) is 0. The first kappa shape index (κ1) is 20.5. The average Bonchev–Trinajstić information content (AvgIpc) is 2.72. The molecule has 1 amide bonds. The molecule has 8 nitrogen and oxygen atoms in total. The fraction of sp³-hybridized carbons (Fsp3) is 0.350. The highest BCUT2D eigenvalue weighted by Gasteiger charge is 2.15. The van der Waals surface area contributed by atoms with Crippen molar-refractivity contribution in [2.45, 2.75) is 12.8 Å². The molecule has 0 saturated carbocycles. The molecular weight excluding hydrogens is 379 g/mol. The van der Waals surface area contributed by atoms with E-state index in [2.05, 4.69) is 10.6 Å². The van der Waals surface area contributed by atoms with Crippen molar-refractivity contribution in [1.82, 2.24) is 0 Å². The number of hydrogen-bond acceptors (Lipinski definition) is 6. The van der Waals surface area contributed by atoms with Gasteiger partial charge in [-0.25, -0.2) is 4.39 Å². The smallest absolute Gasteiger partial charge is 0.269 e. The molecule has 0 spiro atoms. The lowest BCUT2D eigenvalue weighted by Gasteiger charge is -2.29. The van der Waals surface area contributed by atoms with Crippen molar-refractivity contribution in [2.24, 2.45) is 0 Å². The highest BCUT2D eigenvalue weighted by atomic mass is 19.1. The highest BCUT2D eigenvalue weighted by molar-refractivity contribution is 5.90. The number of carbonyl (C=O) groups is 1. The largest absolute Gasteiger partial charge is 0.385 e. The Morgan fingerprint density at radius 1 is 1.14 bits per heavy atom. The molecule has 0 atom stereocenters. The minimum absolute atomic E-state index is 0.0294. The molecule has 2 aromatic rings. The maximum absolute atomic E-state index is 14.4. The Bertz CT molecular complexity index is 854. The van der Waals surface area contributed by atoms with Crippen LogP contribution in [0.2, 0.25) is 0 Å². The number of nitrogens with one attached hydrogen (secondary N) is 2. The van der Waals surface area contributed by atoms with Gasteiger partial charge in [0, 0.05) is 49.6 Å². The quantitative estimate of drug-likeness (QED) is 0.399. The number of halogens is 1. The van der Waals surface area contributed by atoms with E-state index in [0.29, 0.717) is 50.6 Å². The summed E-state index contributed by atoms with van der Waals surface area (Å²) in [5.41, 5.74) is 1.71. The van der Waals surface area contributed by atoms with Gasteiger partial charge in [-0.15, -0.1) is 0 Å². The van der Waals surface area contributed by atoms with Crippen LogP contribution >= 0.6 is 0 Å². The van der Waals surface area contributed by atoms with Gasteiger partial charge in [-0.3, -0.25) is 14.9 Å². The molecule has 0 bridgehead atoms. The molecule has 3 rings (SSSR count).